The first-order chi connectivity index (χ1) is 10.2. The smallest absolute Gasteiger partial charge is 0.0852 e. The molecule has 1 aliphatic rings. The van der Waals surface area contributed by atoms with Crippen molar-refractivity contribution in [1.82, 2.24) is 5.32 Å². The second-order valence-corrected chi connectivity index (χ2v) is 6.85. The number of nitrogens with one attached hydrogen (secondary N) is 1. The molecule has 0 amide bonds. The Kier molecular flexibility index (Phi) is 4.10. The van der Waals surface area contributed by atoms with Crippen LogP contribution in [-0.4, -0.2) is 12.1 Å². The lowest BCUT2D eigenvalue weighted by molar-refractivity contribution is 0.212. The van der Waals surface area contributed by atoms with Crippen LogP contribution in [-0.2, 0) is 11.8 Å². The van der Waals surface area contributed by atoms with Gasteiger partial charge in [0.05, 0.1) is 11.5 Å². The van der Waals surface area contributed by atoms with Gasteiger partial charge in [-0.3, -0.25) is 0 Å². The maximum Gasteiger partial charge on any atom is 0.0852 e. The van der Waals surface area contributed by atoms with Gasteiger partial charge in [0.15, 0.2) is 0 Å². The third-order valence-electron chi connectivity index (χ3n) is 4.37. The number of hydrogen-bond acceptors (Lipinski definition) is 3. The lowest BCUT2D eigenvalue weighted by Crippen LogP contribution is -2.53. The highest BCUT2D eigenvalue weighted by atomic mass is 32.1. The summed E-state index contributed by atoms with van der Waals surface area (Å²) in [6.07, 6.45) is 2.90. The van der Waals surface area contributed by atoms with E-state index in [-0.39, 0.29) is 5.41 Å². The number of rotatable bonds is 5. The molecule has 1 N–H and O–H groups in total. The van der Waals surface area contributed by atoms with Crippen LogP contribution in [0.4, 0.5) is 0 Å². The van der Waals surface area contributed by atoms with Gasteiger partial charge in [0, 0.05) is 12.1 Å². The predicted octanol–water partition coefficient (Wildman–Crippen LogP) is 3.89. The average Bonchev–Trinajstić information content (AvgIpc) is 2.96. The van der Waals surface area contributed by atoms with E-state index in [0.29, 0.717) is 12.1 Å². The summed E-state index contributed by atoms with van der Waals surface area (Å²) in [5.41, 5.74) is 2.28. The standard InChI is InChI=1S/C18H20N2S/c1-14(9-15-7-8-21-12-15)20-17-10-18(11-17,13-19)16-5-3-2-4-6-16/h2-8,12,14,17,20H,9-11H2,1H3. The highest BCUT2D eigenvalue weighted by Gasteiger charge is 2.46. The molecule has 108 valence electrons. The number of nitrogens with zero attached hydrogens (tertiary/aromatic N) is 1. The Morgan fingerprint density at radius 1 is 1.33 bits per heavy atom. The molecule has 1 aromatic heterocycles. The fourth-order valence-electron chi connectivity index (χ4n) is 3.27. The monoisotopic (exact) mass is 296 g/mol. The molecule has 1 saturated carbocycles. The van der Waals surface area contributed by atoms with E-state index in [1.165, 1.54) is 5.56 Å². The fourth-order valence-corrected chi connectivity index (χ4v) is 3.95. The zero-order chi connectivity index (χ0) is 14.7. The van der Waals surface area contributed by atoms with Crippen LogP contribution in [0.3, 0.4) is 0 Å². The average molecular weight is 296 g/mol. The minimum absolute atomic E-state index is 0.277. The van der Waals surface area contributed by atoms with Crippen LogP contribution in [0.2, 0.25) is 0 Å². The normalized spacial score (nSPS) is 25.8. The van der Waals surface area contributed by atoms with Gasteiger partial charge < -0.3 is 5.32 Å². The second kappa shape index (κ2) is 6.01. The van der Waals surface area contributed by atoms with Crippen LogP contribution in [0.15, 0.2) is 47.2 Å². The van der Waals surface area contributed by atoms with Gasteiger partial charge in [-0.2, -0.15) is 16.6 Å². The molecule has 0 aliphatic heterocycles. The quantitative estimate of drug-likeness (QED) is 0.908. The van der Waals surface area contributed by atoms with Crippen molar-refractivity contribution in [2.75, 3.05) is 0 Å². The maximum atomic E-state index is 9.57. The number of thiophene rings is 1. The summed E-state index contributed by atoms with van der Waals surface area (Å²) in [4.78, 5) is 0. The molecule has 1 heterocycles. The first kappa shape index (κ1) is 14.3. The Morgan fingerprint density at radius 3 is 2.71 bits per heavy atom. The number of nitriles is 1. The van der Waals surface area contributed by atoms with Gasteiger partial charge in [0.25, 0.3) is 0 Å². The molecule has 0 saturated heterocycles. The Balaban J connectivity index is 1.56. The molecule has 3 rings (SSSR count). The van der Waals surface area contributed by atoms with Crippen LogP contribution in [0.5, 0.6) is 0 Å². The molecule has 0 spiro atoms. The molecule has 1 aromatic carbocycles. The SMILES string of the molecule is CC(Cc1ccsc1)NC1CC(C#N)(c2ccccc2)C1. The molecule has 3 heteroatoms. The van der Waals surface area contributed by atoms with Gasteiger partial charge in [0.2, 0.25) is 0 Å². The number of benzene rings is 1. The molecular weight excluding hydrogens is 276 g/mol. The molecule has 21 heavy (non-hydrogen) atoms. The Hall–Kier alpha value is -1.63. The molecule has 0 bridgehead atoms. The zero-order valence-electron chi connectivity index (χ0n) is 12.3. The summed E-state index contributed by atoms with van der Waals surface area (Å²) in [7, 11) is 0. The largest absolute Gasteiger partial charge is 0.311 e. The van der Waals surface area contributed by atoms with Gasteiger partial charge in [-0.25, -0.2) is 0 Å². The van der Waals surface area contributed by atoms with E-state index in [1.807, 2.05) is 18.2 Å². The first-order valence-corrected chi connectivity index (χ1v) is 8.40. The first-order valence-electron chi connectivity index (χ1n) is 7.46. The minimum Gasteiger partial charge on any atom is -0.311 e. The zero-order valence-corrected chi connectivity index (χ0v) is 13.1. The van der Waals surface area contributed by atoms with Crippen LogP contribution >= 0.6 is 11.3 Å². The van der Waals surface area contributed by atoms with Crippen molar-refractivity contribution in [3.8, 4) is 6.07 Å². The maximum absolute atomic E-state index is 9.57. The Labute approximate surface area is 130 Å². The molecule has 1 atom stereocenters. The van der Waals surface area contributed by atoms with Crippen molar-refractivity contribution in [3.05, 3.63) is 58.3 Å². The van der Waals surface area contributed by atoms with Crippen molar-refractivity contribution >= 4 is 11.3 Å². The molecule has 1 fully saturated rings. The molecule has 1 unspecified atom stereocenters. The summed E-state index contributed by atoms with van der Waals surface area (Å²) >= 11 is 1.75. The summed E-state index contributed by atoms with van der Waals surface area (Å²) < 4.78 is 0. The number of hydrogen-bond donors (Lipinski definition) is 1. The summed E-state index contributed by atoms with van der Waals surface area (Å²) in [6.45, 7) is 2.23. The van der Waals surface area contributed by atoms with Gasteiger partial charge >= 0.3 is 0 Å². The van der Waals surface area contributed by atoms with Crippen molar-refractivity contribution in [1.29, 1.82) is 5.26 Å². The van der Waals surface area contributed by atoms with Crippen molar-refractivity contribution in [2.45, 2.75) is 43.7 Å². The summed E-state index contributed by atoms with van der Waals surface area (Å²) in [6, 6.07) is 15.8. The molecule has 2 nitrogen and oxygen atoms in total. The third kappa shape index (κ3) is 3.02. The van der Waals surface area contributed by atoms with Crippen LogP contribution in [0.1, 0.15) is 30.9 Å². The fraction of sp³-hybridized carbons (Fsp3) is 0.389. The molecule has 0 radical (unpaired) electrons. The Bertz CT molecular complexity index is 606. The lowest BCUT2D eigenvalue weighted by atomic mass is 9.62. The van der Waals surface area contributed by atoms with E-state index in [4.69, 9.17) is 0 Å². The van der Waals surface area contributed by atoms with Crippen LogP contribution in [0, 0.1) is 11.3 Å². The molecule has 1 aliphatic carbocycles. The molecular formula is C18H20N2S. The van der Waals surface area contributed by atoms with E-state index in [1.54, 1.807) is 11.3 Å². The van der Waals surface area contributed by atoms with Gasteiger partial charge in [-0.1, -0.05) is 30.3 Å². The van der Waals surface area contributed by atoms with Crippen LogP contribution in [0.25, 0.3) is 0 Å². The van der Waals surface area contributed by atoms with E-state index < -0.39 is 0 Å². The minimum atomic E-state index is -0.277. The van der Waals surface area contributed by atoms with Crippen LogP contribution < -0.4 is 5.32 Å². The van der Waals surface area contributed by atoms with Gasteiger partial charge in [-0.15, -0.1) is 0 Å². The lowest BCUT2D eigenvalue weighted by Gasteiger charge is -2.44. The van der Waals surface area contributed by atoms with Crippen molar-refractivity contribution < 1.29 is 0 Å². The highest BCUT2D eigenvalue weighted by molar-refractivity contribution is 7.07. The second-order valence-electron chi connectivity index (χ2n) is 6.07. The topological polar surface area (TPSA) is 35.8 Å². The summed E-state index contributed by atoms with van der Waals surface area (Å²) in [5.74, 6) is 0. The van der Waals surface area contributed by atoms with Crippen molar-refractivity contribution in [2.24, 2.45) is 0 Å². The van der Waals surface area contributed by atoms with Gasteiger partial charge in [-0.05, 0) is 54.1 Å². The molecule has 2 aromatic rings. The summed E-state index contributed by atoms with van der Waals surface area (Å²) in [5, 5.41) is 17.6. The third-order valence-corrected chi connectivity index (χ3v) is 5.10. The predicted molar refractivity (Wildman–Crippen MR) is 87.4 cm³/mol. The van der Waals surface area contributed by atoms with Gasteiger partial charge in [0.1, 0.15) is 0 Å². The highest BCUT2D eigenvalue weighted by Crippen LogP contribution is 2.43. The Morgan fingerprint density at radius 2 is 2.10 bits per heavy atom. The van der Waals surface area contributed by atoms with E-state index in [0.717, 1.165) is 24.8 Å². The van der Waals surface area contributed by atoms with Crippen molar-refractivity contribution in [3.63, 3.8) is 0 Å². The van der Waals surface area contributed by atoms with E-state index in [9.17, 15) is 5.26 Å². The van der Waals surface area contributed by atoms with E-state index in [2.05, 4.69) is 47.3 Å². The van der Waals surface area contributed by atoms with E-state index >= 15 is 0 Å².